The summed E-state index contributed by atoms with van der Waals surface area (Å²) in [4.78, 5) is 11.3. The average molecular weight is 175 g/mol. The van der Waals surface area contributed by atoms with Crippen molar-refractivity contribution in [2.45, 2.75) is 6.55 Å². The zero-order chi connectivity index (χ0) is 9.14. The van der Waals surface area contributed by atoms with Crippen LogP contribution in [0.5, 0.6) is 0 Å². The van der Waals surface area contributed by atoms with Gasteiger partial charge in [-0.15, -0.1) is 0 Å². The molecule has 0 saturated carbocycles. The molecule has 0 aliphatic carbocycles. The first-order valence-corrected chi connectivity index (χ1v) is 3.18. The first-order chi connectivity index (χ1) is 5.63. The van der Waals surface area contributed by atoms with Crippen molar-refractivity contribution in [1.82, 2.24) is 14.7 Å². The van der Waals surface area contributed by atoms with Crippen LogP contribution < -0.4 is 0 Å². The normalized spacial score (nSPS) is 10.3. The summed E-state index contributed by atoms with van der Waals surface area (Å²) < 4.78 is 24.7. The molecule has 4 nitrogen and oxygen atoms in total. The van der Waals surface area contributed by atoms with Crippen molar-refractivity contribution < 1.29 is 13.6 Å². The fourth-order valence-electron chi connectivity index (χ4n) is 0.627. The quantitative estimate of drug-likeness (QED) is 0.597. The van der Waals surface area contributed by atoms with Crippen LogP contribution in [0.4, 0.5) is 13.6 Å². The third-order valence-corrected chi connectivity index (χ3v) is 1.29. The van der Waals surface area contributed by atoms with Crippen molar-refractivity contribution in [3.63, 3.8) is 0 Å². The Morgan fingerprint density at radius 2 is 2.33 bits per heavy atom. The molecule has 0 aliphatic rings. The molecule has 1 amide bonds. The van der Waals surface area contributed by atoms with Crippen LogP contribution in [0.2, 0.25) is 0 Å². The number of nitrogens with zero attached hydrogens (tertiary/aromatic N) is 3. The minimum atomic E-state index is -2.80. The highest BCUT2D eigenvalue weighted by Gasteiger charge is 2.18. The Hall–Kier alpha value is -1.46. The molecule has 1 rings (SSSR count). The monoisotopic (exact) mass is 175 g/mol. The van der Waals surface area contributed by atoms with Crippen molar-refractivity contribution in [2.24, 2.45) is 0 Å². The first-order valence-electron chi connectivity index (χ1n) is 3.18. The Morgan fingerprint density at radius 1 is 1.67 bits per heavy atom. The lowest BCUT2D eigenvalue weighted by Crippen LogP contribution is -2.35. The Bertz CT molecular complexity index is 260. The average Bonchev–Trinajstić information content (AvgIpc) is 2.53. The van der Waals surface area contributed by atoms with Gasteiger partial charge < -0.3 is 0 Å². The lowest BCUT2D eigenvalue weighted by Gasteiger charge is -2.14. The molecular formula is C6H7F2N3O. The summed E-state index contributed by atoms with van der Waals surface area (Å²) in [5, 5.41) is 3.51. The number of carbonyl (C=O) groups is 1. The van der Waals surface area contributed by atoms with Gasteiger partial charge in [0.1, 0.15) is 0 Å². The molecule has 12 heavy (non-hydrogen) atoms. The van der Waals surface area contributed by atoms with E-state index in [4.69, 9.17) is 0 Å². The van der Waals surface area contributed by atoms with Crippen molar-refractivity contribution in [3.05, 3.63) is 18.5 Å². The Kier molecular flexibility index (Phi) is 2.37. The van der Waals surface area contributed by atoms with E-state index in [2.05, 4.69) is 5.10 Å². The van der Waals surface area contributed by atoms with E-state index in [1.165, 1.54) is 18.5 Å². The van der Waals surface area contributed by atoms with Crippen molar-refractivity contribution in [1.29, 1.82) is 0 Å². The predicted molar refractivity (Wildman–Crippen MR) is 36.8 cm³/mol. The zero-order valence-electron chi connectivity index (χ0n) is 6.32. The molecule has 1 heterocycles. The minimum absolute atomic E-state index is 0.299. The molecule has 0 aromatic carbocycles. The second kappa shape index (κ2) is 3.29. The summed E-state index contributed by atoms with van der Waals surface area (Å²) in [6.45, 7) is -2.80. The number of hydrogen-bond donors (Lipinski definition) is 0. The van der Waals surface area contributed by atoms with E-state index in [9.17, 15) is 13.6 Å². The number of hydrogen-bond acceptors (Lipinski definition) is 2. The third-order valence-electron chi connectivity index (χ3n) is 1.29. The van der Waals surface area contributed by atoms with Gasteiger partial charge >= 0.3 is 12.6 Å². The van der Waals surface area contributed by atoms with Gasteiger partial charge in [0.05, 0.1) is 0 Å². The number of halogens is 2. The molecule has 6 heteroatoms. The molecule has 1 aromatic heterocycles. The molecule has 0 unspecified atom stereocenters. The van der Waals surface area contributed by atoms with Crippen LogP contribution in [0.25, 0.3) is 0 Å². The van der Waals surface area contributed by atoms with Gasteiger partial charge in [0, 0.05) is 19.4 Å². The molecule has 1 aromatic rings. The largest absolute Gasteiger partial charge is 0.348 e. The van der Waals surface area contributed by atoms with Gasteiger partial charge in [-0.05, 0) is 6.07 Å². The van der Waals surface area contributed by atoms with E-state index in [0.717, 1.165) is 11.7 Å². The van der Waals surface area contributed by atoms with Crippen molar-refractivity contribution in [2.75, 3.05) is 7.05 Å². The summed E-state index contributed by atoms with van der Waals surface area (Å²) in [5.41, 5.74) is 0. The van der Waals surface area contributed by atoms with Gasteiger partial charge in [0.25, 0.3) is 0 Å². The molecule has 0 radical (unpaired) electrons. The Morgan fingerprint density at radius 3 is 2.75 bits per heavy atom. The Balaban J connectivity index is 2.72. The molecule has 0 atom stereocenters. The number of amides is 1. The fourth-order valence-corrected chi connectivity index (χ4v) is 0.627. The minimum Gasteiger partial charge on any atom is -0.269 e. The van der Waals surface area contributed by atoms with Crippen LogP contribution in [0.3, 0.4) is 0 Å². The molecule has 0 saturated heterocycles. The summed E-state index contributed by atoms with van der Waals surface area (Å²) >= 11 is 0. The van der Waals surface area contributed by atoms with Gasteiger partial charge in [-0.1, -0.05) is 0 Å². The SMILES string of the molecule is CN(C(=O)n1cccn1)C(F)F. The number of carbonyl (C=O) groups excluding carboxylic acids is 1. The molecular weight excluding hydrogens is 168 g/mol. The van der Waals surface area contributed by atoms with Crippen LogP contribution >= 0.6 is 0 Å². The lowest BCUT2D eigenvalue weighted by atomic mass is 10.7. The van der Waals surface area contributed by atoms with Gasteiger partial charge in [-0.3, -0.25) is 4.90 Å². The van der Waals surface area contributed by atoms with E-state index in [-0.39, 0.29) is 0 Å². The van der Waals surface area contributed by atoms with Crippen LogP contribution in [0, 0.1) is 0 Å². The third kappa shape index (κ3) is 1.58. The molecule has 0 spiro atoms. The topological polar surface area (TPSA) is 38.1 Å². The fraction of sp³-hybridized carbons (Fsp3) is 0.333. The predicted octanol–water partition coefficient (Wildman–Crippen LogP) is 1.01. The highest BCUT2D eigenvalue weighted by atomic mass is 19.3. The number of aromatic nitrogens is 2. The van der Waals surface area contributed by atoms with Gasteiger partial charge in [-0.2, -0.15) is 18.6 Å². The highest BCUT2D eigenvalue weighted by Crippen LogP contribution is 2.01. The van der Waals surface area contributed by atoms with Crippen LogP contribution in [-0.4, -0.2) is 34.3 Å². The van der Waals surface area contributed by atoms with Gasteiger partial charge in [0.2, 0.25) is 0 Å². The number of alkyl halides is 2. The summed E-state index contributed by atoms with van der Waals surface area (Å²) in [6.07, 6.45) is 2.65. The van der Waals surface area contributed by atoms with Gasteiger partial charge in [0.15, 0.2) is 0 Å². The van der Waals surface area contributed by atoms with E-state index in [1.807, 2.05) is 0 Å². The molecule has 0 fully saturated rings. The van der Waals surface area contributed by atoms with E-state index >= 15 is 0 Å². The molecule has 0 N–H and O–H groups in total. The van der Waals surface area contributed by atoms with Crippen molar-refractivity contribution in [3.8, 4) is 0 Å². The van der Waals surface area contributed by atoms with E-state index < -0.39 is 12.6 Å². The summed E-state index contributed by atoms with van der Waals surface area (Å²) in [6, 6.07) is 0.631. The smallest absolute Gasteiger partial charge is 0.269 e. The maximum atomic E-state index is 11.9. The van der Waals surface area contributed by atoms with Crippen molar-refractivity contribution >= 4 is 6.03 Å². The zero-order valence-corrected chi connectivity index (χ0v) is 6.32. The molecule has 66 valence electrons. The maximum absolute atomic E-state index is 11.9. The van der Waals surface area contributed by atoms with E-state index in [0.29, 0.717) is 4.90 Å². The van der Waals surface area contributed by atoms with Gasteiger partial charge in [-0.25, -0.2) is 4.79 Å². The lowest BCUT2D eigenvalue weighted by molar-refractivity contribution is 0.0169. The first kappa shape index (κ1) is 8.63. The van der Waals surface area contributed by atoms with Crippen LogP contribution in [0.15, 0.2) is 18.5 Å². The van der Waals surface area contributed by atoms with Crippen LogP contribution in [-0.2, 0) is 0 Å². The van der Waals surface area contributed by atoms with E-state index in [1.54, 1.807) is 0 Å². The molecule has 0 aliphatic heterocycles. The second-order valence-electron chi connectivity index (χ2n) is 2.12. The Labute approximate surface area is 67.4 Å². The van der Waals surface area contributed by atoms with Crippen LogP contribution in [0.1, 0.15) is 0 Å². The standard InChI is InChI=1S/C6H7F2N3O/c1-10(5(7)8)6(12)11-4-2-3-9-11/h2-5H,1H3. The summed E-state index contributed by atoms with van der Waals surface area (Å²) in [5.74, 6) is 0. The number of rotatable bonds is 1. The highest BCUT2D eigenvalue weighted by molar-refractivity contribution is 5.75. The summed E-state index contributed by atoms with van der Waals surface area (Å²) in [7, 11) is 1.01. The maximum Gasteiger partial charge on any atom is 0.348 e. The second-order valence-corrected chi connectivity index (χ2v) is 2.12. The molecule has 0 bridgehead atoms.